The number of aryl methyl sites for hydroxylation is 3. The first kappa shape index (κ1) is 26.2. The van der Waals surface area contributed by atoms with E-state index in [1.54, 1.807) is 55.2 Å². The van der Waals surface area contributed by atoms with Crippen LogP contribution in [0.5, 0.6) is 23.0 Å². The van der Waals surface area contributed by atoms with Gasteiger partial charge in [0.05, 0.1) is 39.7 Å². The van der Waals surface area contributed by atoms with E-state index in [-0.39, 0.29) is 11.3 Å². The van der Waals surface area contributed by atoms with E-state index in [4.69, 9.17) is 23.4 Å². The maximum Gasteiger partial charge on any atom is 0.361 e. The number of hydrogen-bond acceptors (Lipinski definition) is 8. The second-order valence-electron chi connectivity index (χ2n) is 9.82. The third kappa shape index (κ3) is 3.88. The highest BCUT2D eigenvalue weighted by Gasteiger charge is 2.33. The topological polar surface area (TPSA) is 106 Å². The van der Waals surface area contributed by atoms with Gasteiger partial charge in [0.2, 0.25) is 5.78 Å². The Kier molecular flexibility index (Phi) is 6.29. The molecule has 3 aromatic carbocycles. The molecule has 41 heavy (non-hydrogen) atoms. The van der Waals surface area contributed by atoms with Gasteiger partial charge in [0.15, 0.2) is 17.8 Å². The molecule has 0 saturated heterocycles. The van der Waals surface area contributed by atoms with Crippen LogP contribution in [0.3, 0.4) is 0 Å². The largest absolute Gasteiger partial charge is 0.496 e. The van der Waals surface area contributed by atoms with Crippen LogP contribution in [-0.4, -0.2) is 45.1 Å². The molecule has 5 aromatic rings. The van der Waals surface area contributed by atoms with Crippen LogP contribution in [0.15, 0.2) is 51.7 Å². The van der Waals surface area contributed by atoms with Crippen LogP contribution in [0, 0.1) is 6.92 Å². The van der Waals surface area contributed by atoms with E-state index in [1.165, 1.54) is 14.2 Å². The van der Waals surface area contributed by atoms with Gasteiger partial charge in [-0.25, -0.2) is 4.79 Å². The molecule has 6 rings (SSSR count). The number of methoxy groups -OCH3 is 4. The quantitative estimate of drug-likeness (QED) is 0.204. The van der Waals surface area contributed by atoms with Gasteiger partial charge in [-0.05, 0) is 66.4 Å². The Hall–Kier alpha value is -5.05. The van der Waals surface area contributed by atoms with E-state index in [0.29, 0.717) is 86.6 Å². The van der Waals surface area contributed by atoms with Gasteiger partial charge in [0.1, 0.15) is 22.6 Å². The number of aldehydes is 1. The molecule has 0 N–H and O–H groups in total. The van der Waals surface area contributed by atoms with E-state index in [1.807, 2.05) is 13.0 Å². The number of hydrogen-bond donors (Lipinski definition) is 0. The standard InChI is InChI=1S/C32H27NO8/c1-16-10-24-21(14-23(16)38-3)28-27(18-6-7-22(37-2)19(11-18)15-34)29-31(35)20-13-26(40-5)25(39-4)12-17(20)8-9-33(29)30(28)32(36)41-24/h6-7,10-15H,8-9H2,1-5H3. The Balaban J connectivity index is 1.79. The Bertz CT molecular complexity index is 1960. The number of benzene rings is 3. The Morgan fingerprint density at radius 2 is 1.56 bits per heavy atom. The summed E-state index contributed by atoms with van der Waals surface area (Å²) < 4.78 is 29.5. The number of carbonyl (C=O) groups is 2. The number of nitrogens with zero attached hydrogens (tertiary/aromatic N) is 1. The van der Waals surface area contributed by atoms with Crippen molar-refractivity contribution in [3.05, 3.63) is 80.8 Å². The molecule has 9 nitrogen and oxygen atoms in total. The summed E-state index contributed by atoms with van der Waals surface area (Å²) in [7, 11) is 6.11. The zero-order chi connectivity index (χ0) is 29.0. The van der Waals surface area contributed by atoms with Crippen molar-refractivity contribution in [3.8, 4) is 34.1 Å². The van der Waals surface area contributed by atoms with Gasteiger partial charge in [0.25, 0.3) is 0 Å². The fourth-order valence-corrected chi connectivity index (χ4v) is 5.82. The lowest BCUT2D eigenvalue weighted by Crippen LogP contribution is -2.12. The predicted molar refractivity (Wildman–Crippen MR) is 153 cm³/mol. The van der Waals surface area contributed by atoms with Crippen molar-refractivity contribution in [2.75, 3.05) is 28.4 Å². The molecule has 3 heterocycles. The zero-order valence-corrected chi connectivity index (χ0v) is 23.2. The van der Waals surface area contributed by atoms with Crippen LogP contribution in [0.4, 0.5) is 0 Å². The van der Waals surface area contributed by atoms with Crippen LogP contribution in [0.25, 0.3) is 33.0 Å². The Morgan fingerprint density at radius 3 is 2.24 bits per heavy atom. The Labute approximate surface area is 234 Å². The van der Waals surface area contributed by atoms with Crippen molar-refractivity contribution in [3.63, 3.8) is 0 Å². The minimum Gasteiger partial charge on any atom is -0.496 e. The number of aromatic nitrogens is 1. The number of ketones is 1. The molecule has 208 valence electrons. The van der Waals surface area contributed by atoms with Gasteiger partial charge in [-0.1, -0.05) is 6.07 Å². The Morgan fingerprint density at radius 1 is 0.854 bits per heavy atom. The number of rotatable bonds is 6. The predicted octanol–water partition coefficient (Wildman–Crippen LogP) is 5.36. The minimum atomic E-state index is -0.567. The van der Waals surface area contributed by atoms with E-state index < -0.39 is 5.63 Å². The van der Waals surface area contributed by atoms with Gasteiger partial charge < -0.3 is 27.9 Å². The first-order valence-corrected chi connectivity index (χ1v) is 13.0. The molecule has 0 saturated carbocycles. The highest BCUT2D eigenvalue weighted by atomic mass is 16.5. The molecule has 0 bridgehead atoms. The second kappa shape index (κ2) is 9.85. The number of fused-ring (bicyclic) bond motifs is 6. The highest BCUT2D eigenvalue weighted by molar-refractivity contribution is 6.23. The van der Waals surface area contributed by atoms with Crippen LogP contribution in [0.2, 0.25) is 0 Å². The summed E-state index contributed by atoms with van der Waals surface area (Å²) in [5.74, 6) is 1.64. The molecule has 1 aliphatic rings. The summed E-state index contributed by atoms with van der Waals surface area (Å²) in [6.45, 7) is 2.19. The van der Waals surface area contributed by atoms with Crippen LogP contribution in [0.1, 0.15) is 37.5 Å². The van der Waals surface area contributed by atoms with Crippen LogP contribution >= 0.6 is 0 Å². The van der Waals surface area contributed by atoms with Gasteiger partial charge in [-0.2, -0.15) is 0 Å². The highest BCUT2D eigenvalue weighted by Crippen LogP contribution is 2.43. The van der Waals surface area contributed by atoms with Crippen LogP contribution in [-0.2, 0) is 13.0 Å². The SMILES string of the molecule is COc1cc2c(cc1C)oc(=O)c1c2c(-c2ccc(OC)c(C=O)c2)c2n1CCc1cc(OC)c(OC)cc1C2=O. The molecule has 0 atom stereocenters. The lowest BCUT2D eigenvalue weighted by molar-refractivity contribution is 0.103. The molecule has 0 radical (unpaired) electrons. The van der Waals surface area contributed by atoms with Crippen molar-refractivity contribution in [1.82, 2.24) is 4.57 Å². The normalized spacial score (nSPS) is 12.6. The first-order valence-electron chi connectivity index (χ1n) is 13.0. The van der Waals surface area contributed by atoms with Crippen molar-refractivity contribution in [2.45, 2.75) is 19.9 Å². The molecular formula is C32H27NO8. The van der Waals surface area contributed by atoms with Gasteiger partial charge in [-0.15, -0.1) is 0 Å². The lowest BCUT2D eigenvalue weighted by atomic mass is 9.93. The summed E-state index contributed by atoms with van der Waals surface area (Å²) in [5, 5.41) is 1.16. The molecular weight excluding hydrogens is 526 g/mol. The monoisotopic (exact) mass is 553 g/mol. The zero-order valence-electron chi connectivity index (χ0n) is 23.2. The molecule has 0 amide bonds. The maximum atomic E-state index is 14.5. The minimum absolute atomic E-state index is 0.261. The first-order chi connectivity index (χ1) is 19.8. The smallest absolute Gasteiger partial charge is 0.361 e. The summed E-state index contributed by atoms with van der Waals surface area (Å²) in [5.41, 5.74) is 3.78. The van der Waals surface area contributed by atoms with Crippen LogP contribution < -0.4 is 24.6 Å². The molecule has 0 aliphatic carbocycles. The van der Waals surface area contributed by atoms with E-state index in [9.17, 15) is 14.4 Å². The van der Waals surface area contributed by atoms with Gasteiger partial charge >= 0.3 is 5.63 Å². The fraction of sp³-hybridized carbons (Fsp3) is 0.219. The third-order valence-electron chi connectivity index (χ3n) is 7.75. The molecule has 0 unspecified atom stereocenters. The average Bonchev–Trinajstić information content (AvgIpc) is 3.27. The van der Waals surface area contributed by atoms with Gasteiger partial charge in [0, 0.05) is 28.4 Å². The van der Waals surface area contributed by atoms with Gasteiger partial charge in [-0.3, -0.25) is 9.59 Å². The van der Waals surface area contributed by atoms with E-state index >= 15 is 0 Å². The fourth-order valence-electron chi connectivity index (χ4n) is 5.82. The molecule has 2 aromatic heterocycles. The van der Waals surface area contributed by atoms with Crippen molar-refractivity contribution in [1.29, 1.82) is 0 Å². The third-order valence-corrected chi connectivity index (χ3v) is 7.75. The average molecular weight is 554 g/mol. The number of carbonyl (C=O) groups excluding carboxylic acids is 2. The molecule has 9 heteroatoms. The lowest BCUT2D eigenvalue weighted by Gasteiger charge is -2.13. The number of ether oxygens (including phenoxy) is 4. The summed E-state index contributed by atoms with van der Waals surface area (Å²) in [6.07, 6.45) is 1.15. The van der Waals surface area contributed by atoms with Crippen molar-refractivity contribution in [2.24, 2.45) is 0 Å². The van der Waals surface area contributed by atoms with Crippen molar-refractivity contribution >= 4 is 33.9 Å². The second-order valence-corrected chi connectivity index (χ2v) is 9.82. The summed E-state index contributed by atoms with van der Waals surface area (Å²) in [4.78, 5) is 40.1. The summed E-state index contributed by atoms with van der Waals surface area (Å²) >= 11 is 0. The van der Waals surface area contributed by atoms with Crippen molar-refractivity contribution < 1.29 is 33.0 Å². The molecule has 0 spiro atoms. The summed E-state index contributed by atoms with van der Waals surface area (Å²) in [6, 6.07) is 12.2. The molecule has 0 fully saturated rings. The molecule has 1 aliphatic heterocycles. The van der Waals surface area contributed by atoms with E-state index in [0.717, 1.165) is 11.1 Å². The van der Waals surface area contributed by atoms with E-state index in [2.05, 4.69) is 0 Å². The maximum absolute atomic E-state index is 14.5.